The average Bonchev–Trinajstić information content (AvgIpc) is 2.79. The molecule has 1 atom stereocenters. The molecule has 1 aromatic carbocycles. The minimum absolute atomic E-state index is 0.0719. The van der Waals surface area contributed by atoms with Gasteiger partial charge in [-0.2, -0.15) is 0 Å². The van der Waals surface area contributed by atoms with Crippen molar-refractivity contribution in [3.05, 3.63) is 35.7 Å². The number of anilines is 1. The number of carbonyl (C=O) groups excluding carboxylic acids is 1. The summed E-state index contributed by atoms with van der Waals surface area (Å²) in [6.07, 6.45) is 1.57. The minimum Gasteiger partial charge on any atom is -0.497 e. The zero-order chi connectivity index (χ0) is 15.6. The molecule has 2 rings (SSSR count). The Bertz CT molecular complexity index is 647. The summed E-state index contributed by atoms with van der Waals surface area (Å²) in [4.78, 5) is 14.0. The van der Waals surface area contributed by atoms with Gasteiger partial charge in [-0.1, -0.05) is 13.8 Å². The Labute approximate surface area is 125 Å². The van der Waals surface area contributed by atoms with Crippen LogP contribution in [0.4, 0.5) is 5.69 Å². The van der Waals surface area contributed by atoms with Gasteiger partial charge in [-0.3, -0.25) is 4.79 Å². The summed E-state index contributed by atoms with van der Waals surface area (Å²) in [5.74, 6) is 0.290. The first-order chi connectivity index (χ1) is 9.84. The maximum atomic E-state index is 12.5. The zero-order valence-electron chi connectivity index (χ0n) is 12.3. The topological polar surface area (TPSA) is 63.7 Å². The molecule has 1 aliphatic rings. The van der Waals surface area contributed by atoms with Crippen molar-refractivity contribution in [1.29, 1.82) is 0 Å². The van der Waals surface area contributed by atoms with Crippen molar-refractivity contribution in [1.82, 2.24) is 0 Å². The molecule has 0 radical (unpaired) electrons. The molecule has 1 amide bonds. The Morgan fingerprint density at radius 1 is 1.29 bits per heavy atom. The third-order valence-corrected chi connectivity index (χ3v) is 4.70. The van der Waals surface area contributed by atoms with E-state index in [0.29, 0.717) is 11.4 Å². The van der Waals surface area contributed by atoms with E-state index in [1.165, 1.54) is 5.41 Å². The molecule has 0 N–H and O–H groups in total. The van der Waals surface area contributed by atoms with Gasteiger partial charge in [0.1, 0.15) is 5.75 Å². The van der Waals surface area contributed by atoms with E-state index < -0.39 is 15.9 Å². The lowest BCUT2D eigenvalue weighted by Gasteiger charge is -2.29. The van der Waals surface area contributed by atoms with Crippen LogP contribution in [0.25, 0.3) is 0 Å². The fourth-order valence-corrected chi connectivity index (χ4v) is 3.49. The van der Waals surface area contributed by atoms with E-state index in [1.54, 1.807) is 56.2 Å². The van der Waals surface area contributed by atoms with Gasteiger partial charge >= 0.3 is 0 Å². The summed E-state index contributed by atoms with van der Waals surface area (Å²) in [6, 6.07) is 6.57. The van der Waals surface area contributed by atoms with Crippen LogP contribution in [0.1, 0.15) is 13.8 Å². The lowest BCUT2D eigenvalue weighted by molar-refractivity contribution is -0.121. The number of nitrogens with zero attached hydrogens (tertiary/aromatic N) is 1. The molecular weight excluding hydrogens is 290 g/mol. The van der Waals surface area contributed by atoms with E-state index in [2.05, 4.69) is 0 Å². The molecule has 0 bridgehead atoms. The molecule has 21 heavy (non-hydrogen) atoms. The SMILES string of the molecule is COc1ccc(N(C(=O)C(C)C)C2C=CS(=O)(=O)C2)cc1. The summed E-state index contributed by atoms with van der Waals surface area (Å²) >= 11 is 0. The van der Waals surface area contributed by atoms with Crippen LogP contribution in [0, 0.1) is 5.92 Å². The molecule has 1 unspecified atom stereocenters. The van der Waals surface area contributed by atoms with Crippen LogP contribution >= 0.6 is 0 Å². The molecule has 0 spiro atoms. The van der Waals surface area contributed by atoms with Gasteiger partial charge in [-0.15, -0.1) is 0 Å². The molecule has 0 saturated heterocycles. The summed E-state index contributed by atoms with van der Waals surface area (Å²) < 4.78 is 28.4. The van der Waals surface area contributed by atoms with Crippen molar-refractivity contribution in [2.45, 2.75) is 19.9 Å². The van der Waals surface area contributed by atoms with E-state index in [0.717, 1.165) is 0 Å². The third-order valence-electron chi connectivity index (χ3n) is 3.32. The third kappa shape index (κ3) is 3.44. The number of benzene rings is 1. The zero-order valence-corrected chi connectivity index (χ0v) is 13.1. The highest BCUT2D eigenvalue weighted by atomic mass is 32.2. The van der Waals surface area contributed by atoms with Crippen LogP contribution in [0.2, 0.25) is 0 Å². The van der Waals surface area contributed by atoms with E-state index in [-0.39, 0.29) is 17.6 Å². The molecule has 5 nitrogen and oxygen atoms in total. The molecule has 0 aliphatic carbocycles. The maximum absolute atomic E-state index is 12.5. The van der Waals surface area contributed by atoms with Crippen molar-refractivity contribution >= 4 is 21.4 Å². The molecular formula is C15H19NO4S. The number of sulfone groups is 1. The second-order valence-corrected chi connectivity index (χ2v) is 7.22. The van der Waals surface area contributed by atoms with Crippen molar-refractivity contribution in [2.24, 2.45) is 5.92 Å². The Hall–Kier alpha value is -1.82. The minimum atomic E-state index is -3.22. The number of methoxy groups -OCH3 is 1. The summed E-state index contributed by atoms with van der Waals surface area (Å²) in [5.41, 5.74) is 0.668. The predicted octanol–water partition coefficient (Wildman–Crippen LogP) is 1.99. The number of ether oxygens (including phenoxy) is 1. The lowest BCUT2D eigenvalue weighted by Crippen LogP contribution is -2.43. The predicted molar refractivity (Wildman–Crippen MR) is 82.0 cm³/mol. The highest BCUT2D eigenvalue weighted by Crippen LogP contribution is 2.26. The highest BCUT2D eigenvalue weighted by molar-refractivity contribution is 7.94. The van der Waals surface area contributed by atoms with Gasteiger partial charge in [0.15, 0.2) is 9.84 Å². The first-order valence-electron chi connectivity index (χ1n) is 6.72. The fraction of sp³-hybridized carbons (Fsp3) is 0.400. The van der Waals surface area contributed by atoms with E-state index in [1.807, 2.05) is 0 Å². The quantitative estimate of drug-likeness (QED) is 0.853. The maximum Gasteiger partial charge on any atom is 0.230 e. The van der Waals surface area contributed by atoms with Crippen LogP contribution in [-0.4, -0.2) is 33.2 Å². The number of carbonyl (C=O) groups is 1. The van der Waals surface area contributed by atoms with Crippen molar-refractivity contribution in [3.8, 4) is 5.75 Å². The van der Waals surface area contributed by atoms with Crippen LogP contribution in [0.15, 0.2) is 35.7 Å². The van der Waals surface area contributed by atoms with Crippen molar-refractivity contribution in [2.75, 3.05) is 17.8 Å². The normalized spacial score (nSPS) is 19.7. The van der Waals surface area contributed by atoms with Gasteiger partial charge in [-0.05, 0) is 30.3 Å². The van der Waals surface area contributed by atoms with Crippen LogP contribution < -0.4 is 9.64 Å². The van der Waals surface area contributed by atoms with Gasteiger partial charge in [-0.25, -0.2) is 8.42 Å². The summed E-state index contributed by atoms with van der Waals surface area (Å²) in [6.45, 7) is 3.60. The average molecular weight is 309 g/mol. The molecule has 1 aliphatic heterocycles. The van der Waals surface area contributed by atoms with E-state index in [4.69, 9.17) is 4.74 Å². The smallest absolute Gasteiger partial charge is 0.230 e. The molecule has 0 fully saturated rings. The number of hydrogen-bond acceptors (Lipinski definition) is 4. The van der Waals surface area contributed by atoms with E-state index >= 15 is 0 Å². The Kier molecular flexibility index (Phi) is 4.37. The first-order valence-corrected chi connectivity index (χ1v) is 8.43. The monoisotopic (exact) mass is 309 g/mol. The highest BCUT2D eigenvalue weighted by Gasteiger charge is 2.32. The molecule has 6 heteroatoms. The molecule has 0 aromatic heterocycles. The van der Waals surface area contributed by atoms with Crippen LogP contribution in [0.3, 0.4) is 0 Å². The molecule has 1 aromatic rings. The second-order valence-electron chi connectivity index (χ2n) is 5.29. The Morgan fingerprint density at radius 3 is 2.33 bits per heavy atom. The standard InChI is InChI=1S/C15H19NO4S/c1-11(2)15(17)16(13-8-9-21(18,19)10-13)12-4-6-14(20-3)7-5-12/h4-9,11,13H,10H2,1-3H3. The Balaban J connectivity index is 2.37. The first kappa shape index (κ1) is 15.6. The molecule has 0 saturated carbocycles. The largest absolute Gasteiger partial charge is 0.497 e. The van der Waals surface area contributed by atoms with Gasteiger partial charge < -0.3 is 9.64 Å². The van der Waals surface area contributed by atoms with Gasteiger partial charge in [0.05, 0.1) is 18.9 Å². The van der Waals surface area contributed by atoms with Gasteiger partial charge in [0, 0.05) is 17.0 Å². The number of amides is 1. The van der Waals surface area contributed by atoms with E-state index in [9.17, 15) is 13.2 Å². The number of rotatable bonds is 4. The van der Waals surface area contributed by atoms with Crippen LogP contribution in [0.5, 0.6) is 5.75 Å². The van der Waals surface area contributed by atoms with Gasteiger partial charge in [0.25, 0.3) is 0 Å². The molecule has 114 valence electrons. The molecule has 1 heterocycles. The summed E-state index contributed by atoms with van der Waals surface area (Å²) in [7, 11) is -1.65. The fourth-order valence-electron chi connectivity index (χ4n) is 2.22. The Morgan fingerprint density at radius 2 is 1.90 bits per heavy atom. The van der Waals surface area contributed by atoms with Crippen molar-refractivity contribution in [3.63, 3.8) is 0 Å². The van der Waals surface area contributed by atoms with Crippen LogP contribution in [-0.2, 0) is 14.6 Å². The summed E-state index contributed by atoms with van der Waals surface area (Å²) in [5, 5.41) is 1.18. The van der Waals surface area contributed by atoms with Gasteiger partial charge in [0.2, 0.25) is 5.91 Å². The van der Waals surface area contributed by atoms with Crippen molar-refractivity contribution < 1.29 is 17.9 Å². The number of hydrogen-bond donors (Lipinski definition) is 0. The second kappa shape index (κ2) is 5.89. The lowest BCUT2D eigenvalue weighted by atomic mass is 10.1.